The molecule has 156 valence electrons. The van der Waals surface area contributed by atoms with Crippen molar-refractivity contribution in [1.29, 1.82) is 0 Å². The van der Waals surface area contributed by atoms with Crippen LogP contribution in [-0.2, 0) is 19.6 Å². The van der Waals surface area contributed by atoms with Gasteiger partial charge in [0, 0.05) is 5.69 Å². The Morgan fingerprint density at radius 2 is 1.86 bits per heavy atom. The minimum Gasteiger partial charge on any atom is -0.462 e. The van der Waals surface area contributed by atoms with Gasteiger partial charge in [-0.1, -0.05) is 12.1 Å². The quantitative estimate of drug-likeness (QED) is 0.692. The van der Waals surface area contributed by atoms with Gasteiger partial charge in [0.15, 0.2) is 0 Å². The summed E-state index contributed by atoms with van der Waals surface area (Å²) >= 11 is 0. The smallest absolute Gasteiger partial charge is 0.338 e. The van der Waals surface area contributed by atoms with E-state index in [1.807, 2.05) is 0 Å². The fourth-order valence-corrected chi connectivity index (χ4v) is 3.97. The number of ether oxygens (including phenoxy) is 1. The number of benzene rings is 2. The molecule has 0 aromatic heterocycles. The molecule has 0 aliphatic carbocycles. The first kappa shape index (κ1) is 22.4. The van der Waals surface area contributed by atoms with E-state index >= 15 is 0 Å². The van der Waals surface area contributed by atoms with Crippen LogP contribution in [0, 0.1) is 12.7 Å². The van der Waals surface area contributed by atoms with Crippen molar-refractivity contribution in [2.75, 3.05) is 22.5 Å². The maximum atomic E-state index is 14.2. The molecule has 1 N–H and O–H groups in total. The summed E-state index contributed by atoms with van der Waals surface area (Å²) in [5, 5.41) is 2.63. The Labute approximate surface area is 169 Å². The lowest BCUT2D eigenvalue weighted by molar-refractivity contribution is -0.116. The molecule has 2 aromatic rings. The van der Waals surface area contributed by atoms with Crippen molar-refractivity contribution >= 4 is 33.3 Å². The van der Waals surface area contributed by atoms with E-state index < -0.39 is 33.8 Å². The summed E-state index contributed by atoms with van der Waals surface area (Å²) in [7, 11) is -3.94. The molecule has 7 nitrogen and oxygen atoms in total. The highest BCUT2D eigenvalue weighted by Crippen LogP contribution is 2.25. The third-order valence-electron chi connectivity index (χ3n) is 4.17. The SMILES string of the molecule is CCOC(=O)c1ccc(NC(=O)[C@H](C)N(c2ccccc2F)S(C)(=O)=O)c(C)c1. The van der Waals surface area contributed by atoms with Crippen molar-refractivity contribution < 1.29 is 27.1 Å². The van der Waals surface area contributed by atoms with E-state index in [1.165, 1.54) is 37.3 Å². The maximum Gasteiger partial charge on any atom is 0.338 e. The molecular formula is C20H23FN2O5S. The topological polar surface area (TPSA) is 92.8 Å². The number of hydrogen-bond donors (Lipinski definition) is 1. The van der Waals surface area contributed by atoms with Crippen LogP contribution in [-0.4, -0.2) is 39.2 Å². The number of amides is 1. The third-order valence-corrected chi connectivity index (χ3v) is 5.40. The zero-order valence-corrected chi connectivity index (χ0v) is 17.4. The minimum atomic E-state index is -3.94. The lowest BCUT2D eigenvalue weighted by Crippen LogP contribution is -2.45. The molecule has 0 heterocycles. The summed E-state index contributed by atoms with van der Waals surface area (Å²) in [6.07, 6.45) is 0.905. The van der Waals surface area contributed by atoms with Crippen molar-refractivity contribution in [3.63, 3.8) is 0 Å². The molecule has 2 rings (SSSR count). The van der Waals surface area contributed by atoms with E-state index in [0.717, 1.165) is 16.6 Å². The highest BCUT2D eigenvalue weighted by molar-refractivity contribution is 7.92. The van der Waals surface area contributed by atoms with Crippen LogP contribution in [0.4, 0.5) is 15.8 Å². The van der Waals surface area contributed by atoms with Gasteiger partial charge in [-0.05, 0) is 56.7 Å². The molecular weight excluding hydrogens is 399 g/mol. The van der Waals surface area contributed by atoms with E-state index in [2.05, 4.69) is 5.32 Å². The number of carbonyl (C=O) groups is 2. The average Bonchev–Trinajstić information content (AvgIpc) is 2.64. The summed E-state index contributed by atoms with van der Waals surface area (Å²) in [6.45, 7) is 4.99. The Morgan fingerprint density at radius 1 is 1.21 bits per heavy atom. The number of rotatable bonds is 7. The van der Waals surface area contributed by atoms with Crippen LogP contribution in [0.25, 0.3) is 0 Å². The molecule has 1 atom stereocenters. The highest BCUT2D eigenvalue weighted by atomic mass is 32.2. The van der Waals surface area contributed by atoms with Gasteiger partial charge in [0.2, 0.25) is 15.9 Å². The second-order valence-corrected chi connectivity index (χ2v) is 8.29. The molecule has 0 aliphatic heterocycles. The van der Waals surface area contributed by atoms with Gasteiger partial charge in [-0.25, -0.2) is 17.6 Å². The number of esters is 1. The number of sulfonamides is 1. The summed E-state index contributed by atoms with van der Waals surface area (Å²) in [4.78, 5) is 24.5. The average molecular weight is 422 g/mol. The molecule has 2 aromatic carbocycles. The molecule has 29 heavy (non-hydrogen) atoms. The van der Waals surface area contributed by atoms with E-state index in [9.17, 15) is 22.4 Å². The first-order valence-corrected chi connectivity index (χ1v) is 10.7. The van der Waals surface area contributed by atoms with Crippen molar-refractivity contribution in [2.45, 2.75) is 26.8 Å². The van der Waals surface area contributed by atoms with Gasteiger partial charge in [0.1, 0.15) is 11.9 Å². The first-order chi connectivity index (χ1) is 13.6. The first-order valence-electron chi connectivity index (χ1n) is 8.88. The lowest BCUT2D eigenvalue weighted by atomic mass is 10.1. The molecule has 0 unspecified atom stereocenters. The van der Waals surface area contributed by atoms with Gasteiger partial charge in [0.25, 0.3) is 0 Å². The van der Waals surface area contributed by atoms with Gasteiger partial charge in [0.05, 0.1) is 24.1 Å². The van der Waals surface area contributed by atoms with Crippen LogP contribution in [0.3, 0.4) is 0 Å². The number of anilines is 2. The van der Waals surface area contributed by atoms with E-state index in [0.29, 0.717) is 16.8 Å². The number of nitrogens with one attached hydrogen (secondary N) is 1. The summed E-state index contributed by atoms with van der Waals surface area (Å²) in [5.74, 6) is -1.89. The Bertz CT molecular complexity index is 1020. The van der Waals surface area contributed by atoms with Crippen molar-refractivity contribution in [3.8, 4) is 0 Å². The molecule has 0 saturated carbocycles. The van der Waals surface area contributed by atoms with Gasteiger partial charge < -0.3 is 10.1 Å². The van der Waals surface area contributed by atoms with E-state index in [4.69, 9.17) is 4.74 Å². The van der Waals surface area contributed by atoms with Crippen LogP contribution in [0.1, 0.15) is 29.8 Å². The molecule has 0 bridgehead atoms. The second kappa shape index (κ2) is 9.04. The molecule has 0 saturated heterocycles. The van der Waals surface area contributed by atoms with Gasteiger partial charge in [-0.2, -0.15) is 0 Å². The molecule has 0 spiro atoms. The van der Waals surface area contributed by atoms with Gasteiger partial charge in [-0.15, -0.1) is 0 Å². The Morgan fingerprint density at radius 3 is 2.41 bits per heavy atom. The summed E-state index contributed by atoms with van der Waals surface area (Å²) in [6, 6.07) is 8.69. The minimum absolute atomic E-state index is 0.216. The molecule has 0 aliphatic rings. The third kappa shape index (κ3) is 5.32. The van der Waals surface area contributed by atoms with Crippen LogP contribution in [0.5, 0.6) is 0 Å². The standard InChI is InChI=1S/C20H23FN2O5S/c1-5-28-20(25)15-10-11-17(13(2)12-15)22-19(24)14(3)23(29(4,26)27)18-9-7-6-8-16(18)21/h6-12,14H,5H2,1-4H3,(H,22,24)/t14-/m0/s1. The van der Waals surface area contributed by atoms with Gasteiger partial charge in [-0.3, -0.25) is 9.10 Å². The maximum absolute atomic E-state index is 14.2. The van der Waals surface area contributed by atoms with Crippen LogP contribution in [0.15, 0.2) is 42.5 Å². The van der Waals surface area contributed by atoms with Crippen LogP contribution >= 0.6 is 0 Å². The number of halogens is 1. The largest absolute Gasteiger partial charge is 0.462 e. The Hall–Kier alpha value is -2.94. The van der Waals surface area contributed by atoms with Crippen molar-refractivity contribution in [2.24, 2.45) is 0 Å². The number of hydrogen-bond acceptors (Lipinski definition) is 5. The Kier molecular flexibility index (Phi) is 6.97. The van der Waals surface area contributed by atoms with Crippen LogP contribution < -0.4 is 9.62 Å². The number of carbonyl (C=O) groups excluding carboxylic acids is 2. The predicted octanol–water partition coefficient (Wildman–Crippen LogP) is 3.10. The second-order valence-electron chi connectivity index (χ2n) is 6.43. The fraction of sp³-hybridized carbons (Fsp3) is 0.300. The number of nitrogens with zero attached hydrogens (tertiary/aromatic N) is 1. The predicted molar refractivity (Wildman–Crippen MR) is 109 cm³/mol. The lowest BCUT2D eigenvalue weighted by Gasteiger charge is -2.28. The molecule has 1 amide bonds. The zero-order chi connectivity index (χ0) is 21.8. The molecule has 0 fully saturated rings. The normalized spacial score (nSPS) is 12.2. The fourth-order valence-electron chi connectivity index (χ4n) is 2.79. The van der Waals surface area contributed by atoms with Crippen molar-refractivity contribution in [1.82, 2.24) is 0 Å². The molecule has 0 radical (unpaired) electrons. The van der Waals surface area contributed by atoms with E-state index in [1.54, 1.807) is 19.9 Å². The highest BCUT2D eigenvalue weighted by Gasteiger charge is 2.31. The summed E-state index contributed by atoms with van der Waals surface area (Å²) < 4.78 is 44.4. The number of para-hydroxylation sites is 1. The van der Waals surface area contributed by atoms with E-state index in [-0.39, 0.29) is 12.3 Å². The molecule has 9 heteroatoms. The van der Waals surface area contributed by atoms with Crippen molar-refractivity contribution in [3.05, 3.63) is 59.4 Å². The monoisotopic (exact) mass is 422 g/mol. The zero-order valence-electron chi connectivity index (χ0n) is 16.6. The van der Waals surface area contributed by atoms with Gasteiger partial charge >= 0.3 is 5.97 Å². The Balaban J connectivity index is 2.29. The summed E-state index contributed by atoms with van der Waals surface area (Å²) in [5.41, 5.74) is 1.11. The number of aryl methyl sites for hydroxylation is 1. The van der Waals surface area contributed by atoms with Crippen LogP contribution in [0.2, 0.25) is 0 Å².